The van der Waals surface area contributed by atoms with Crippen LogP contribution in [0.25, 0.3) is 5.69 Å². The van der Waals surface area contributed by atoms with Gasteiger partial charge in [-0.15, -0.1) is 0 Å². The molecule has 5 nitrogen and oxygen atoms in total. The molecule has 1 aliphatic heterocycles. The summed E-state index contributed by atoms with van der Waals surface area (Å²) in [6.07, 6.45) is 2.04. The molecule has 32 heavy (non-hydrogen) atoms. The highest BCUT2D eigenvalue weighted by molar-refractivity contribution is 6.33. The van der Waals surface area contributed by atoms with E-state index in [-0.39, 0.29) is 12.1 Å². The Labute approximate surface area is 191 Å². The maximum absolute atomic E-state index is 13.6. The first kappa shape index (κ1) is 20.2. The van der Waals surface area contributed by atoms with Crippen molar-refractivity contribution >= 4 is 23.3 Å². The number of nitrogens with one attached hydrogen (secondary N) is 1. The Morgan fingerprint density at radius 1 is 0.969 bits per heavy atom. The first-order valence-electron chi connectivity index (χ1n) is 10.4. The van der Waals surface area contributed by atoms with Crippen molar-refractivity contribution in [3.05, 3.63) is 113 Å². The molecule has 0 saturated heterocycles. The van der Waals surface area contributed by atoms with Crippen LogP contribution in [0.1, 0.15) is 22.9 Å². The number of fused-ring (bicyclic) bond motifs is 3. The molecule has 0 radical (unpaired) electrons. The van der Waals surface area contributed by atoms with Crippen molar-refractivity contribution in [2.75, 3.05) is 12.4 Å². The molecular weight excluding hydrogens is 422 g/mol. The zero-order valence-corrected chi connectivity index (χ0v) is 18.3. The average Bonchev–Trinajstić information content (AvgIpc) is 3.25. The number of hydrogen-bond donors (Lipinski definition) is 1. The summed E-state index contributed by atoms with van der Waals surface area (Å²) in [7, 11) is 1.64. The third kappa shape index (κ3) is 3.61. The quantitative estimate of drug-likeness (QED) is 0.405. The van der Waals surface area contributed by atoms with Crippen molar-refractivity contribution in [2.24, 2.45) is 0 Å². The van der Waals surface area contributed by atoms with Crippen LogP contribution in [0.3, 0.4) is 0 Å². The topological polar surface area (TPSA) is 46.5 Å². The van der Waals surface area contributed by atoms with Gasteiger partial charge in [-0.2, -0.15) is 0 Å². The molecular formula is C26H22ClN3O2. The minimum atomic E-state index is -0.300. The molecule has 0 bridgehead atoms. The Hall–Kier alpha value is -3.70. The van der Waals surface area contributed by atoms with E-state index in [2.05, 4.69) is 28.1 Å². The van der Waals surface area contributed by atoms with Crippen LogP contribution in [-0.4, -0.2) is 22.6 Å². The van der Waals surface area contributed by atoms with E-state index in [0.29, 0.717) is 17.3 Å². The van der Waals surface area contributed by atoms with E-state index in [1.54, 1.807) is 19.2 Å². The Kier molecular flexibility index (Phi) is 5.33. The molecule has 3 aromatic carbocycles. The molecule has 5 rings (SSSR count). The average molecular weight is 444 g/mol. The summed E-state index contributed by atoms with van der Waals surface area (Å²) in [4.78, 5) is 15.5. The van der Waals surface area contributed by atoms with Crippen LogP contribution in [0.5, 0.6) is 5.75 Å². The zero-order valence-electron chi connectivity index (χ0n) is 17.5. The number of benzene rings is 3. The highest BCUT2D eigenvalue weighted by atomic mass is 35.5. The summed E-state index contributed by atoms with van der Waals surface area (Å²) >= 11 is 6.32. The molecule has 1 atom stereocenters. The summed E-state index contributed by atoms with van der Waals surface area (Å²) in [6, 6.07) is 26.8. The van der Waals surface area contributed by atoms with Gasteiger partial charge in [0.05, 0.1) is 36.1 Å². The smallest absolute Gasteiger partial charge is 0.323 e. The maximum atomic E-state index is 13.6. The lowest BCUT2D eigenvalue weighted by molar-refractivity contribution is 0.194. The van der Waals surface area contributed by atoms with Gasteiger partial charge in [0.2, 0.25) is 0 Å². The second-order valence-electron chi connectivity index (χ2n) is 7.65. The van der Waals surface area contributed by atoms with Gasteiger partial charge in [0, 0.05) is 11.9 Å². The van der Waals surface area contributed by atoms with Crippen LogP contribution >= 0.6 is 11.6 Å². The Morgan fingerprint density at radius 2 is 1.72 bits per heavy atom. The lowest BCUT2D eigenvalue weighted by atomic mass is 10.0. The number of amides is 2. The van der Waals surface area contributed by atoms with E-state index >= 15 is 0 Å². The molecule has 6 heteroatoms. The lowest BCUT2D eigenvalue weighted by Crippen LogP contribution is -2.38. The van der Waals surface area contributed by atoms with Gasteiger partial charge in [0.1, 0.15) is 5.75 Å². The fourth-order valence-corrected chi connectivity index (χ4v) is 4.41. The number of para-hydroxylation sites is 2. The van der Waals surface area contributed by atoms with Crippen LogP contribution in [0.2, 0.25) is 5.02 Å². The summed E-state index contributed by atoms with van der Waals surface area (Å²) in [5, 5.41) is 3.51. The van der Waals surface area contributed by atoms with E-state index in [1.807, 2.05) is 65.7 Å². The third-order valence-corrected chi connectivity index (χ3v) is 6.10. The van der Waals surface area contributed by atoms with Gasteiger partial charge in [-0.1, -0.05) is 54.1 Å². The molecule has 2 heterocycles. The number of aromatic nitrogens is 1. The molecule has 4 aromatic rings. The molecule has 0 aliphatic carbocycles. The SMILES string of the molecule is COc1ccc(C2c3cccn3-c3ccccc3CN2C(=O)Nc2ccccc2Cl)cc1. The minimum Gasteiger partial charge on any atom is -0.497 e. The second kappa shape index (κ2) is 8.44. The van der Waals surface area contributed by atoms with Crippen molar-refractivity contribution in [3.63, 3.8) is 0 Å². The molecule has 1 aromatic heterocycles. The number of urea groups is 1. The molecule has 1 aliphatic rings. The second-order valence-corrected chi connectivity index (χ2v) is 8.05. The molecule has 2 amide bonds. The highest BCUT2D eigenvalue weighted by Gasteiger charge is 2.33. The Morgan fingerprint density at radius 3 is 2.50 bits per heavy atom. The van der Waals surface area contributed by atoms with Crippen LogP contribution in [0, 0.1) is 0 Å². The number of methoxy groups -OCH3 is 1. The number of carbonyl (C=O) groups excluding carboxylic acids is 1. The molecule has 1 unspecified atom stereocenters. The van der Waals surface area contributed by atoms with Crippen LogP contribution in [-0.2, 0) is 6.54 Å². The fraction of sp³-hybridized carbons (Fsp3) is 0.115. The lowest BCUT2D eigenvalue weighted by Gasteiger charge is -2.31. The fourth-order valence-electron chi connectivity index (χ4n) is 4.23. The Balaban J connectivity index is 1.63. The minimum absolute atomic E-state index is 0.219. The van der Waals surface area contributed by atoms with Crippen molar-refractivity contribution < 1.29 is 9.53 Å². The third-order valence-electron chi connectivity index (χ3n) is 5.77. The number of nitrogens with zero attached hydrogens (tertiary/aromatic N) is 2. The number of hydrogen-bond acceptors (Lipinski definition) is 2. The van der Waals surface area contributed by atoms with Gasteiger partial charge >= 0.3 is 6.03 Å². The van der Waals surface area contributed by atoms with Gasteiger partial charge in [0.15, 0.2) is 0 Å². The van der Waals surface area contributed by atoms with Crippen molar-refractivity contribution in [1.29, 1.82) is 0 Å². The summed E-state index contributed by atoms with van der Waals surface area (Å²) in [5.74, 6) is 0.771. The summed E-state index contributed by atoms with van der Waals surface area (Å²) in [6.45, 7) is 0.449. The van der Waals surface area contributed by atoms with Crippen molar-refractivity contribution in [2.45, 2.75) is 12.6 Å². The first-order valence-corrected chi connectivity index (χ1v) is 10.7. The van der Waals surface area contributed by atoms with Gasteiger partial charge < -0.3 is 19.5 Å². The molecule has 160 valence electrons. The van der Waals surface area contributed by atoms with Crippen LogP contribution in [0.15, 0.2) is 91.1 Å². The van der Waals surface area contributed by atoms with Crippen LogP contribution in [0.4, 0.5) is 10.5 Å². The highest BCUT2D eigenvalue weighted by Crippen LogP contribution is 2.37. The van der Waals surface area contributed by atoms with Crippen molar-refractivity contribution in [1.82, 2.24) is 9.47 Å². The van der Waals surface area contributed by atoms with Crippen molar-refractivity contribution in [3.8, 4) is 11.4 Å². The molecule has 0 fully saturated rings. The maximum Gasteiger partial charge on any atom is 0.323 e. The Bertz CT molecular complexity index is 1270. The predicted octanol–water partition coefficient (Wildman–Crippen LogP) is 6.28. The number of rotatable bonds is 3. The first-order chi connectivity index (χ1) is 15.7. The number of carbonyl (C=O) groups is 1. The number of halogens is 1. The van der Waals surface area contributed by atoms with Gasteiger partial charge in [-0.3, -0.25) is 0 Å². The largest absolute Gasteiger partial charge is 0.497 e. The van der Waals surface area contributed by atoms with E-state index < -0.39 is 0 Å². The summed E-state index contributed by atoms with van der Waals surface area (Å²) < 4.78 is 7.50. The van der Waals surface area contributed by atoms with E-state index in [1.165, 1.54) is 0 Å². The van der Waals surface area contributed by atoms with Gasteiger partial charge in [-0.25, -0.2) is 4.79 Å². The van der Waals surface area contributed by atoms with Gasteiger partial charge in [-0.05, 0) is 53.6 Å². The number of anilines is 1. The monoisotopic (exact) mass is 443 g/mol. The standard InChI is InChI=1S/C26H22ClN3O2/c1-32-20-14-12-18(13-15-20)25-24-11-6-16-29(24)23-10-5-2-7-19(23)17-30(25)26(31)28-22-9-4-3-8-21(22)27/h2-16,25H,17H2,1H3,(H,28,31). The van der Waals surface area contributed by atoms with Crippen LogP contribution < -0.4 is 10.1 Å². The zero-order chi connectivity index (χ0) is 22.1. The number of ether oxygens (including phenoxy) is 1. The normalized spacial score (nSPS) is 14.8. The predicted molar refractivity (Wildman–Crippen MR) is 127 cm³/mol. The van der Waals surface area contributed by atoms with E-state index in [9.17, 15) is 4.79 Å². The molecule has 1 N–H and O–H groups in total. The molecule has 0 spiro atoms. The van der Waals surface area contributed by atoms with E-state index in [4.69, 9.17) is 16.3 Å². The summed E-state index contributed by atoms with van der Waals surface area (Å²) in [5.41, 5.74) is 4.72. The van der Waals surface area contributed by atoms with Gasteiger partial charge in [0.25, 0.3) is 0 Å². The van der Waals surface area contributed by atoms with E-state index in [0.717, 1.165) is 28.3 Å². The molecule has 0 saturated carbocycles.